The van der Waals surface area contributed by atoms with Gasteiger partial charge in [0.15, 0.2) is 0 Å². The van der Waals surface area contributed by atoms with Crippen LogP contribution in [0.5, 0.6) is 11.5 Å². The molecule has 0 aliphatic heterocycles. The van der Waals surface area contributed by atoms with Crippen LogP contribution in [0.25, 0.3) is 0 Å². The van der Waals surface area contributed by atoms with Gasteiger partial charge in [0.25, 0.3) is 0 Å². The fourth-order valence-corrected chi connectivity index (χ4v) is 1.33. The van der Waals surface area contributed by atoms with E-state index in [1.807, 2.05) is 18.2 Å². The molecule has 0 atom stereocenters. The van der Waals surface area contributed by atoms with E-state index in [9.17, 15) is 0 Å². The van der Waals surface area contributed by atoms with Crippen molar-refractivity contribution in [1.29, 1.82) is 0 Å². The first-order valence-corrected chi connectivity index (χ1v) is 5.69. The Bertz CT molecular complexity index is 494. The number of benzene rings is 1. The van der Waals surface area contributed by atoms with Gasteiger partial charge >= 0.3 is 148 Å². The fraction of sp³-hybridized carbons (Fsp3) is 0.200. The summed E-state index contributed by atoms with van der Waals surface area (Å²) in [5.74, 6) is 1.52. The fourth-order valence-electron chi connectivity index (χ4n) is 1.08. The van der Waals surface area contributed by atoms with Gasteiger partial charge in [-0.15, -0.1) is 0 Å². The van der Waals surface area contributed by atoms with Crippen LogP contribution in [0.15, 0.2) is 18.2 Å². The third-order valence-corrected chi connectivity index (χ3v) is 2.42. The van der Waals surface area contributed by atoms with Crippen LogP contribution in [0, 0.1) is 33.3 Å². The Morgan fingerprint density at radius 1 is 0.792 bits per heavy atom. The molecule has 0 amide bonds. The molecule has 0 fully saturated rings. The molecule has 1 rings (SSSR count). The average molecular weight is 372 g/mol. The Hall–Kier alpha value is -2.12. The summed E-state index contributed by atoms with van der Waals surface area (Å²) in [6, 6.07) is 5.53. The van der Waals surface area contributed by atoms with Crippen LogP contribution in [-0.2, 0) is 43.8 Å². The Morgan fingerprint density at radius 2 is 1.21 bits per heavy atom. The van der Waals surface area contributed by atoms with E-state index in [0.29, 0.717) is 4.57 Å². The van der Waals surface area contributed by atoms with E-state index in [-0.39, 0.29) is 0 Å². The summed E-state index contributed by atoms with van der Waals surface area (Å²) >= 11 is 2.83. The van der Waals surface area contributed by atoms with Crippen molar-refractivity contribution in [2.24, 2.45) is 0 Å². The molecule has 0 aliphatic rings. The molecule has 0 saturated heterocycles. The van der Waals surface area contributed by atoms with Crippen molar-refractivity contribution in [2.45, 2.75) is 0 Å². The molecule has 9 heteroatoms. The normalized spacial score (nSPS) is 6.04. The van der Waals surface area contributed by atoms with Crippen LogP contribution >= 0.6 is 0 Å². The van der Waals surface area contributed by atoms with Crippen LogP contribution in [0.1, 0.15) is 5.56 Å². The zero-order valence-electron chi connectivity index (χ0n) is 12.9. The summed E-state index contributed by atoms with van der Waals surface area (Å²) in [7, 11) is 4.84. The molecule has 0 aromatic heterocycles. The monoisotopic (exact) mass is 372 g/mol. The van der Waals surface area contributed by atoms with Gasteiger partial charge in [0.1, 0.15) is 0 Å². The van der Waals surface area contributed by atoms with Gasteiger partial charge in [0.05, 0.1) is 0 Å². The van der Waals surface area contributed by atoms with E-state index in [1.54, 1.807) is 21.3 Å². The third-order valence-electron chi connectivity index (χ3n) is 1.81. The number of ether oxygens (including phenoxy) is 3. The average Bonchev–Trinajstić information content (AvgIpc) is 2.74. The van der Waals surface area contributed by atoms with E-state index in [4.69, 9.17) is 37.5 Å². The zero-order chi connectivity index (χ0) is 20.6. The van der Waals surface area contributed by atoms with Crippen LogP contribution in [-0.4, -0.2) is 25.9 Å². The molecule has 1 aromatic carbocycles. The third kappa shape index (κ3) is 16.3. The molecule has 0 unspecified atom stereocenters. The van der Waals surface area contributed by atoms with Crippen molar-refractivity contribution in [3.8, 4) is 11.5 Å². The topological polar surface area (TPSA) is 127 Å². The van der Waals surface area contributed by atoms with Crippen LogP contribution in [0.3, 0.4) is 0 Å². The van der Waals surface area contributed by atoms with Gasteiger partial charge in [-0.05, 0) is 0 Å². The van der Waals surface area contributed by atoms with Gasteiger partial charge in [-0.1, -0.05) is 0 Å². The van der Waals surface area contributed by atoms with E-state index in [1.165, 1.54) is 0 Å². The number of methoxy groups -OCH3 is 3. The first kappa shape index (κ1) is 33.5. The molecular weight excluding hydrogens is 360 g/mol. The Labute approximate surface area is 148 Å². The molecule has 24 heavy (non-hydrogen) atoms. The molecule has 0 spiro atoms. The molecule has 0 radical (unpaired) electrons. The minimum atomic E-state index is 0.681. The number of hydrogen-bond acceptors (Lipinski definition) is 3. The van der Waals surface area contributed by atoms with Crippen LogP contribution < -0.4 is 9.47 Å². The van der Waals surface area contributed by atoms with Crippen molar-refractivity contribution < 1.29 is 53.3 Å². The Morgan fingerprint density at radius 3 is 1.50 bits per heavy atom. The molecule has 126 valence electrons. The molecule has 0 N–H and O–H groups in total. The van der Waals surface area contributed by atoms with Gasteiger partial charge in [-0.3, -0.25) is 0 Å². The van der Waals surface area contributed by atoms with E-state index in [0.717, 1.165) is 17.1 Å². The maximum atomic E-state index is 7.50. The maximum absolute atomic E-state index is 7.50. The summed E-state index contributed by atoms with van der Waals surface area (Å²) in [4.78, 5) is 0. The predicted molar refractivity (Wildman–Crippen MR) is 70.3 cm³/mol. The van der Waals surface area contributed by atoms with Crippen molar-refractivity contribution in [2.75, 3.05) is 21.3 Å². The van der Waals surface area contributed by atoms with Gasteiger partial charge in [0.2, 0.25) is 0 Å². The van der Waals surface area contributed by atoms with E-state index < -0.39 is 0 Å². The summed E-state index contributed by atoms with van der Waals surface area (Å²) in [6.45, 7) is 22.5. The Kier molecular flexibility index (Phi) is 45.7. The second-order valence-electron chi connectivity index (χ2n) is 2.56. The second kappa shape index (κ2) is 32.7. The van der Waals surface area contributed by atoms with Crippen molar-refractivity contribution in [3.05, 3.63) is 57.0 Å². The molecular formula is C15H12CrO8. The molecule has 8 nitrogen and oxygen atoms in total. The quantitative estimate of drug-likeness (QED) is 0.582. The van der Waals surface area contributed by atoms with E-state index >= 15 is 0 Å². The van der Waals surface area contributed by atoms with Crippen LogP contribution in [0.2, 0.25) is 0 Å². The summed E-state index contributed by atoms with van der Waals surface area (Å²) < 4.78 is 53.6. The van der Waals surface area contributed by atoms with Crippen molar-refractivity contribution >= 4 is 4.57 Å². The molecule has 1 aromatic rings. The van der Waals surface area contributed by atoms with Gasteiger partial charge in [-0.2, -0.15) is 0 Å². The van der Waals surface area contributed by atoms with Crippen LogP contribution in [0.4, 0.5) is 0 Å². The zero-order valence-corrected chi connectivity index (χ0v) is 14.2. The summed E-state index contributed by atoms with van der Waals surface area (Å²) in [5, 5.41) is 0. The van der Waals surface area contributed by atoms with Gasteiger partial charge < -0.3 is 0 Å². The van der Waals surface area contributed by atoms with E-state index in [2.05, 4.69) is 49.1 Å². The Balaban J connectivity index is -0.000000103. The standard InChI is InChI=1S/C10H12O3.5CO.Cr/c1-11-7-8-6-9(12-2)4-5-10(8)13-3;5*1-2;/h4-6H,1-3H3;;;;;;. The molecule has 0 bridgehead atoms. The predicted octanol–water partition coefficient (Wildman–Crippen LogP) is 1.19. The summed E-state index contributed by atoms with van der Waals surface area (Å²) in [6.07, 6.45) is 0. The second-order valence-corrected chi connectivity index (χ2v) is 3.14. The molecule has 0 aliphatic carbocycles. The summed E-state index contributed by atoms with van der Waals surface area (Å²) in [5.41, 5.74) is 0.856. The van der Waals surface area contributed by atoms with Crippen molar-refractivity contribution in [3.63, 3.8) is 0 Å². The first-order chi connectivity index (χ1) is 11.7. The van der Waals surface area contributed by atoms with Crippen molar-refractivity contribution in [1.82, 2.24) is 0 Å². The van der Waals surface area contributed by atoms with Gasteiger partial charge in [-0.25, -0.2) is 0 Å². The SMILES string of the molecule is CO[C](=[Cr])c1cc(OC)ccc1OC.[C-]#[O+].[C-]#[O+].[C-]#[O+].[C-]#[O+].[C-]#[O+]. The van der Waals surface area contributed by atoms with Gasteiger partial charge in [0, 0.05) is 0 Å². The number of rotatable bonds is 4. The first-order valence-electron chi connectivity index (χ1n) is 5.05. The molecule has 0 saturated carbocycles. The minimum absolute atomic E-state index is 0.681. The molecule has 0 heterocycles. The number of hydrogen-bond donors (Lipinski definition) is 0.